The summed E-state index contributed by atoms with van der Waals surface area (Å²) >= 11 is 1.82. The van der Waals surface area contributed by atoms with Crippen LogP contribution in [0.25, 0.3) is 0 Å². The lowest BCUT2D eigenvalue weighted by Crippen LogP contribution is -2.51. The third-order valence-electron chi connectivity index (χ3n) is 5.67. The minimum Gasteiger partial charge on any atom is -0.340 e. The molecule has 1 aromatic heterocycles. The van der Waals surface area contributed by atoms with Crippen LogP contribution in [0.5, 0.6) is 0 Å². The van der Waals surface area contributed by atoms with Gasteiger partial charge in [0.15, 0.2) is 5.13 Å². The molecule has 3 atom stereocenters. The highest BCUT2D eigenvalue weighted by Crippen LogP contribution is 2.38. The molecule has 4 rings (SSSR count). The van der Waals surface area contributed by atoms with E-state index in [1.807, 2.05) is 23.2 Å². The molecule has 1 amide bonds. The standard InChI is InChI=1S/C17H26N4OS/c1-3-11(2)16(22)20-7-6-14-15(10-20)23-17(19-14)21-12-4-5-13(21)9-18-8-12/h11-13,18H,3-10H2,1-2H3/t11-,12?,13?/m0/s1. The number of hydrogen-bond acceptors (Lipinski definition) is 5. The minimum absolute atomic E-state index is 0.132. The average Bonchev–Trinajstić information content (AvgIpc) is 3.10. The lowest BCUT2D eigenvalue weighted by atomic mass is 10.1. The Morgan fingerprint density at radius 2 is 2.13 bits per heavy atom. The molecule has 2 saturated heterocycles. The predicted molar refractivity (Wildman–Crippen MR) is 92.8 cm³/mol. The molecule has 1 aromatic rings. The molecule has 0 aromatic carbocycles. The van der Waals surface area contributed by atoms with Crippen LogP contribution < -0.4 is 10.2 Å². The molecule has 23 heavy (non-hydrogen) atoms. The summed E-state index contributed by atoms with van der Waals surface area (Å²) in [5, 5.41) is 4.73. The number of hydrogen-bond donors (Lipinski definition) is 1. The van der Waals surface area contributed by atoms with Gasteiger partial charge in [0, 0.05) is 48.9 Å². The first kappa shape index (κ1) is 15.4. The fraction of sp³-hybridized carbons (Fsp3) is 0.765. The molecule has 0 spiro atoms. The van der Waals surface area contributed by atoms with Crippen LogP contribution in [0.1, 0.15) is 43.7 Å². The molecule has 2 bridgehead atoms. The molecule has 3 aliphatic rings. The second kappa shape index (κ2) is 6.06. The number of thiazole rings is 1. The van der Waals surface area contributed by atoms with E-state index in [0.29, 0.717) is 18.0 Å². The normalized spacial score (nSPS) is 27.9. The van der Waals surface area contributed by atoms with Gasteiger partial charge in [0.05, 0.1) is 12.2 Å². The van der Waals surface area contributed by atoms with Crippen LogP contribution in [0.4, 0.5) is 5.13 Å². The monoisotopic (exact) mass is 334 g/mol. The van der Waals surface area contributed by atoms with Crippen molar-refractivity contribution in [2.45, 2.75) is 58.2 Å². The third-order valence-corrected chi connectivity index (χ3v) is 6.76. The van der Waals surface area contributed by atoms with Crippen molar-refractivity contribution in [1.82, 2.24) is 15.2 Å². The van der Waals surface area contributed by atoms with Crippen LogP contribution in [-0.2, 0) is 17.8 Å². The van der Waals surface area contributed by atoms with E-state index in [4.69, 9.17) is 4.98 Å². The van der Waals surface area contributed by atoms with Gasteiger partial charge in [0.25, 0.3) is 0 Å². The zero-order valence-corrected chi connectivity index (χ0v) is 14.9. The summed E-state index contributed by atoms with van der Waals surface area (Å²) in [6, 6.07) is 1.22. The Balaban J connectivity index is 1.53. The molecule has 1 N–H and O–H groups in total. The predicted octanol–water partition coefficient (Wildman–Crippen LogP) is 2.01. The van der Waals surface area contributed by atoms with Crippen LogP contribution >= 0.6 is 11.3 Å². The highest BCUT2D eigenvalue weighted by atomic mass is 32.1. The summed E-state index contributed by atoms with van der Waals surface area (Å²) in [4.78, 5) is 23.3. The number of aromatic nitrogens is 1. The zero-order valence-electron chi connectivity index (χ0n) is 14.0. The zero-order chi connectivity index (χ0) is 16.0. The number of fused-ring (bicyclic) bond motifs is 3. The van der Waals surface area contributed by atoms with Gasteiger partial charge in [-0.1, -0.05) is 25.2 Å². The Kier molecular flexibility index (Phi) is 4.05. The van der Waals surface area contributed by atoms with E-state index in [9.17, 15) is 4.79 Å². The molecule has 0 aliphatic carbocycles. The summed E-state index contributed by atoms with van der Waals surface area (Å²) < 4.78 is 0. The maximum Gasteiger partial charge on any atom is 0.225 e. The van der Waals surface area contributed by atoms with E-state index in [1.165, 1.54) is 28.5 Å². The van der Waals surface area contributed by atoms with Crippen LogP contribution in [-0.4, -0.2) is 47.5 Å². The molecular weight excluding hydrogens is 308 g/mol. The number of amides is 1. The number of carbonyl (C=O) groups is 1. The Labute approximate surface area is 142 Å². The van der Waals surface area contributed by atoms with Gasteiger partial charge >= 0.3 is 0 Å². The maximum atomic E-state index is 12.5. The van der Waals surface area contributed by atoms with Crippen LogP contribution in [0, 0.1) is 5.92 Å². The van der Waals surface area contributed by atoms with E-state index in [2.05, 4.69) is 17.1 Å². The quantitative estimate of drug-likeness (QED) is 0.919. The van der Waals surface area contributed by atoms with E-state index in [-0.39, 0.29) is 5.92 Å². The lowest BCUT2D eigenvalue weighted by Gasteiger charge is -2.35. The summed E-state index contributed by atoms with van der Waals surface area (Å²) in [6.45, 7) is 7.88. The maximum absolute atomic E-state index is 12.5. The molecule has 0 radical (unpaired) electrons. The Hall–Kier alpha value is -1.14. The van der Waals surface area contributed by atoms with Crippen molar-refractivity contribution < 1.29 is 4.79 Å². The lowest BCUT2D eigenvalue weighted by molar-refractivity contribution is -0.136. The van der Waals surface area contributed by atoms with Crippen LogP contribution in [0.3, 0.4) is 0 Å². The molecule has 0 saturated carbocycles. The number of anilines is 1. The smallest absolute Gasteiger partial charge is 0.225 e. The molecule has 3 aliphatic heterocycles. The number of piperazine rings is 1. The van der Waals surface area contributed by atoms with Gasteiger partial charge in [0.2, 0.25) is 5.91 Å². The van der Waals surface area contributed by atoms with Gasteiger partial charge in [-0.3, -0.25) is 4.79 Å². The van der Waals surface area contributed by atoms with Crippen molar-refractivity contribution in [3.05, 3.63) is 10.6 Å². The first-order chi connectivity index (χ1) is 11.2. The third kappa shape index (κ3) is 2.66. The first-order valence-corrected chi connectivity index (χ1v) is 9.75. The van der Waals surface area contributed by atoms with E-state index in [0.717, 1.165) is 39.0 Å². The molecule has 5 nitrogen and oxygen atoms in total. The molecule has 126 valence electrons. The van der Waals surface area contributed by atoms with Crippen LogP contribution in [0.15, 0.2) is 0 Å². The summed E-state index contributed by atoms with van der Waals surface area (Å²) in [7, 11) is 0. The minimum atomic E-state index is 0.132. The van der Waals surface area contributed by atoms with Crippen molar-refractivity contribution >= 4 is 22.4 Å². The number of nitrogens with one attached hydrogen (secondary N) is 1. The molecule has 4 heterocycles. The van der Waals surface area contributed by atoms with Crippen molar-refractivity contribution in [2.75, 3.05) is 24.5 Å². The van der Waals surface area contributed by atoms with Crippen LogP contribution in [0.2, 0.25) is 0 Å². The van der Waals surface area contributed by atoms with Gasteiger partial charge < -0.3 is 15.1 Å². The van der Waals surface area contributed by atoms with Gasteiger partial charge in [-0.15, -0.1) is 0 Å². The Morgan fingerprint density at radius 1 is 1.39 bits per heavy atom. The summed E-state index contributed by atoms with van der Waals surface area (Å²) in [5.41, 5.74) is 1.23. The first-order valence-electron chi connectivity index (χ1n) is 8.93. The second-order valence-corrected chi connectivity index (χ2v) is 8.20. The van der Waals surface area contributed by atoms with Crippen molar-refractivity contribution in [3.63, 3.8) is 0 Å². The largest absolute Gasteiger partial charge is 0.340 e. The summed E-state index contributed by atoms with van der Waals surface area (Å²) in [6.07, 6.45) is 4.39. The number of rotatable bonds is 3. The van der Waals surface area contributed by atoms with E-state index >= 15 is 0 Å². The van der Waals surface area contributed by atoms with E-state index < -0.39 is 0 Å². The van der Waals surface area contributed by atoms with Gasteiger partial charge in [0.1, 0.15) is 0 Å². The Bertz CT molecular complexity index is 585. The van der Waals surface area contributed by atoms with Crippen molar-refractivity contribution in [2.24, 2.45) is 5.92 Å². The molecule has 6 heteroatoms. The highest BCUT2D eigenvalue weighted by Gasteiger charge is 2.39. The van der Waals surface area contributed by atoms with E-state index in [1.54, 1.807) is 0 Å². The average molecular weight is 334 g/mol. The summed E-state index contributed by atoms with van der Waals surface area (Å²) in [5.74, 6) is 0.434. The fourth-order valence-electron chi connectivity index (χ4n) is 4.06. The number of nitrogens with zero attached hydrogens (tertiary/aromatic N) is 3. The topological polar surface area (TPSA) is 48.5 Å². The fourth-order valence-corrected chi connectivity index (χ4v) is 5.32. The van der Waals surface area contributed by atoms with Gasteiger partial charge in [-0.2, -0.15) is 0 Å². The molecule has 2 fully saturated rings. The molecule has 2 unspecified atom stereocenters. The number of carbonyl (C=O) groups excluding carboxylic acids is 1. The Morgan fingerprint density at radius 3 is 2.83 bits per heavy atom. The second-order valence-electron chi connectivity index (χ2n) is 7.14. The van der Waals surface area contributed by atoms with Crippen molar-refractivity contribution in [3.8, 4) is 0 Å². The SMILES string of the molecule is CC[C@H](C)C(=O)N1CCc2nc(N3C4CCC3CNC4)sc2C1. The van der Waals surface area contributed by atoms with Gasteiger partial charge in [-0.05, 0) is 19.3 Å². The van der Waals surface area contributed by atoms with Crippen molar-refractivity contribution in [1.29, 1.82) is 0 Å². The molecular formula is C17H26N4OS. The van der Waals surface area contributed by atoms with Gasteiger partial charge in [-0.25, -0.2) is 4.98 Å². The highest BCUT2D eigenvalue weighted by molar-refractivity contribution is 7.15.